The Labute approximate surface area is 92.3 Å². The van der Waals surface area contributed by atoms with Crippen molar-refractivity contribution in [1.82, 2.24) is 15.5 Å². The molecule has 16 heavy (non-hydrogen) atoms. The summed E-state index contributed by atoms with van der Waals surface area (Å²) in [7, 11) is 0. The van der Waals surface area contributed by atoms with E-state index in [4.69, 9.17) is 14.0 Å². The molecule has 6 heteroatoms. The van der Waals surface area contributed by atoms with E-state index in [1.807, 2.05) is 6.07 Å². The smallest absolute Gasteiger partial charge is 0.223 e. The van der Waals surface area contributed by atoms with E-state index in [0.717, 1.165) is 5.76 Å². The van der Waals surface area contributed by atoms with E-state index < -0.39 is 0 Å². The minimum Gasteiger partial charge on any atom is -0.462 e. The van der Waals surface area contributed by atoms with Crippen LogP contribution in [0.15, 0.2) is 21.1 Å². The predicted octanol–water partition coefficient (Wildman–Crippen LogP) is 0.753. The number of rotatable bonds is 5. The van der Waals surface area contributed by atoms with Crippen LogP contribution in [0.2, 0.25) is 0 Å². The minimum atomic E-state index is -0.0793. The van der Waals surface area contributed by atoms with Crippen LogP contribution in [-0.4, -0.2) is 15.2 Å². The molecular formula is C10H13N3O3. The number of nitrogens with one attached hydrogen (secondary N) is 1. The molecule has 0 unspecified atom stereocenters. The zero-order valence-corrected chi connectivity index (χ0v) is 8.93. The summed E-state index contributed by atoms with van der Waals surface area (Å²) < 4.78 is 10.1. The number of hydrogen-bond acceptors (Lipinski definition) is 6. The van der Waals surface area contributed by atoms with Crippen LogP contribution in [0.1, 0.15) is 23.2 Å². The Kier molecular flexibility index (Phi) is 3.33. The average molecular weight is 223 g/mol. The van der Waals surface area contributed by atoms with Gasteiger partial charge in [-0.15, -0.1) is 0 Å². The highest BCUT2D eigenvalue weighted by Gasteiger charge is 2.03. The monoisotopic (exact) mass is 223 g/mol. The maximum absolute atomic E-state index is 8.81. The highest BCUT2D eigenvalue weighted by Crippen LogP contribution is 2.07. The molecule has 0 amide bonds. The number of aliphatic hydroxyl groups excluding tert-OH is 1. The third kappa shape index (κ3) is 2.68. The van der Waals surface area contributed by atoms with Gasteiger partial charge in [0.1, 0.15) is 18.1 Å². The molecule has 86 valence electrons. The zero-order valence-electron chi connectivity index (χ0n) is 8.93. The predicted molar refractivity (Wildman–Crippen MR) is 54.2 cm³/mol. The fraction of sp³-hybridized carbons (Fsp3) is 0.400. The molecule has 0 saturated heterocycles. The second-order valence-electron chi connectivity index (χ2n) is 3.36. The number of hydrogen-bond donors (Lipinski definition) is 2. The van der Waals surface area contributed by atoms with Crippen LogP contribution in [0, 0.1) is 6.92 Å². The quantitative estimate of drug-likeness (QED) is 0.778. The van der Waals surface area contributed by atoms with Crippen molar-refractivity contribution >= 4 is 0 Å². The largest absolute Gasteiger partial charge is 0.462 e. The van der Waals surface area contributed by atoms with Crippen LogP contribution in [0.5, 0.6) is 0 Å². The van der Waals surface area contributed by atoms with Gasteiger partial charge in [0.2, 0.25) is 5.89 Å². The molecule has 0 aliphatic rings. The Morgan fingerprint density at radius 1 is 1.31 bits per heavy atom. The molecule has 2 rings (SSSR count). The molecule has 0 aliphatic carbocycles. The molecule has 2 aromatic rings. The number of nitrogens with zero attached hydrogens (tertiary/aromatic N) is 2. The summed E-state index contributed by atoms with van der Waals surface area (Å²) in [5.41, 5.74) is 0. The number of furan rings is 1. The van der Waals surface area contributed by atoms with E-state index in [0.29, 0.717) is 30.6 Å². The first-order valence-electron chi connectivity index (χ1n) is 4.96. The van der Waals surface area contributed by atoms with Crippen molar-refractivity contribution in [3.63, 3.8) is 0 Å². The summed E-state index contributed by atoms with van der Waals surface area (Å²) in [4.78, 5) is 4.05. The lowest BCUT2D eigenvalue weighted by atomic mass is 10.4. The van der Waals surface area contributed by atoms with Crippen LogP contribution >= 0.6 is 0 Å². The number of aliphatic hydroxyl groups is 1. The Balaban J connectivity index is 1.79. The molecule has 2 heterocycles. The first-order chi connectivity index (χ1) is 7.78. The SMILES string of the molecule is Cc1nc(CNCc2ccc(CO)o2)no1. The molecule has 0 saturated carbocycles. The molecule has 2 aromatic heterocycles. The van der Waals surface area contributed by atoms with E-state index in [-0.39, 0.29) is 6.61 Å². The van der Waals surface area contributed by atoms with E-state index in [1.54, 1.807) is 13.0 Å². The van der Waals surface area contributed by atoms with E-state index in [1.165, 1.54) is 0 Å². The van der Waals surface area contributed by atoms with E-state index in [2.05, 4.69) is 15.5 Å². The average Bonchev–Trinajstić information content (AvgIpc) is 2.88. The van der Waals surface area contributed by atoms with Gasteiger partial charge in [-0.2, -0.15) is 4.98 Å². The normalized spacial score (nSPS) is 10.9. The molecule has 2 N–H and O–H groups in total. The van der Waals surface area contributed by atoms with Gasteiger partial charge in [-0.3, -0.25) is 0 Å². The maximum atomic E-state index is 8.81. The van der Waals surface area contributed by atoms with Gasteiger partial charge in [-0.05, 0) is 12.1 Å². The van der Waals surface area contributed by atoms with Crippen molar-refractivity contribution in [3.8, 4) is 0 Å². The van der Waals surface area contributed by atoms with E-state index >= 15 is 0 Å². The van der Waals surface area contributed by atoms with Crippen molar-refractivity contribution in [3.05, 3.63) is 35.4 Å². The fourth-order valence-corrected chi connectivity index (χ4v) is 1.31. The summed E-state index contributed by atoms with van der Waals surface area (Å²) in [5, 5.41) is 15.7. The number of aryl methyl sites for hydroxylation is 1. The second kappa shape index (κ2) is 4.91. The van der Waals surface area contributed by atoms with Crippen LogP contribution in [0.4, 0.5) is 0 Å². The summed E-state index contributed by atoms with van der Waals surface area (Å²) >= 11 is 0. The first kappa shape index (κ1) is 10.8. The van der Waals surface area contributed by atoms with Crippen molar-refractivity contribution < 1.29 is 14.0 Å². The van der Waals surface area contributed by atoms with Crippen LogP contribution in [0.3, 0.4) is 0 Å². The van der Waals surface area contributed by atoms with Crippen LogP contribution in [-0.2, 0) is 19.7 Å². The molecule has 0 radical (unpaired) electrons. The van der Waals surface area contributed by atoms with Gasteiger partial charge in [0, 0.05) is 6.92 Å². The van der Waals surface area contributed by atoms with Gasteiger partial charge >= 0.3 is 0 Å². The van der Waals surface area contributed by atoms with Gasteiger partial charge in [0.25, 0.3) is 0 Å². The second-order valence-corrected chi connectivity index (χ2v) is 3.36. The highest BCUT2D eigenvalue weighted by molar-refractivity contribution is 5.06. The van der Waals surface area contributed by atoms with Crippen LogP contribution < -0.4 is 5.32 Å². The number of aromatic nitrogens is 2. The van der Waals surface area contributed by atoms with Gasteiger partial charge in [0.15, 0.2) is 5.82 Å². The zero-order chi connectivity index (χ0) is 11.4. The molecular weight excluding hydrogens is 210 g/mol. The van der Waals surface area contributed by atoms with Crippen molar-refractivity contribution in [2.24, 2.45) is 0 Å². The first-order valence-corrected chi connectivity index (χ1v) is 4.96. The van der Waals surface area contributed by atoms with Gasteiger partial charge in [-0.1, -0.05) is 5.16 Å². The minimum absolute atomic E-state index is 0.0793. The summed E-state index contributed by atoms with van der Waals surface area (Å²) in [6, 6.07) is 3.57. The summed E-state index contributed by atoms with van der Waals surface area (Å²) in [6.07, 6.45) is 0. The Hall–Kier alpha value is -1.66. The van der Waals surface area contributed by atoms with Gasteiger partial charge in [-0.25, -0.2) is 0 Å². The third-order valence-corrected chi connectivity index (χ3v) is 2.03. The van der Waals surface area contributed by atoms with Gasteiger partial charge in [0.05, 0.1) is 13.1 Å². The van der Waals surface area contributed by atoms with Gasteiger partial charge < -0.3 is 19.4 Å². The molecule has 0 aromatic carbocycles. The lowest BCUT2D eigenvalue weighted by Crippen LogP contribution is -2.13. The topological polar surface area (TPSA) is 84.3 Å². The highest BCUT2D eigenvalue weighted by atomic mass is 16.5. The molecule has 0 spiro atoms. The standard InChI is InChI=1S/C10H13N3O3/c1-7-12-10(13-16-7)5-11-4-8-2-3-9(6-14)15-8/h2-3,11,14H,4-6H2,1H3. The lowest BCUT2D eigenvalue weighted by molar-refractivity contribution is 0.242. The molecule has 0 aliphatic heterocycles. The molecule has 0 atom stereocenters. The molecule has 0 bridgehead atoms. The van der Waals surface area contributed by atoms with Crippen molar-refractivity contribution in [1.29, 1.82) is 0 Å². The lowest BCUT2D eigenvalue weighted by Gasteiger charge is -1.97. The van der Waals surface area contributed by atoms with Crippen LogP contribution in [0.25, 0.3) is 0 Å². The molecule has 6 nitrogen and oxygen atoms in total. The maximum Gasteiger partial charge on any atom is 0.223 e. The Morgan fingerprint density at radius 3 is 2.75 bits per heavy atom. The Bertz CT molecular complexity index is 450. The summed E-state index contributed by atoms with van der Waals surface area (Å²) in [5.74, 6) is 2.50. The fourth-order valence-electron chi connectivity index (χ4n) is 1.31. The van der Waals surface area contributed by atoms with E-state index in [9.17, 15) is 0 Å². The van der Waals surface area contributed by atoms with Crippen molar-refractivity contribution in [2.75, 3.05) is 0 Å². The Morgan fingerprint density at radius 2 is 2.12 bits per heavy atom. The third-order valence-electron chi connectivity index (χ3n) is 2.03. The van der Waals surface area contributed by atoms with Crippen molar-refractivity contribution in [2.45, 2.75) is 26.6 Å². The molecule has 0 fully saturated rings. The summed E-state index contributed by atoms with van der Waals surface area (Å²) in [6.45, 7) is 2.75.